The van der Waals surface area contributed by atoms with Crippen LogP contribution in [0.2, 0.25) is 0 Å². The first-order chi connectivity index (χ1) is 33.0. The van der Waals surface area contributed by atoms with Crippen molar-refractivity contribution in [2.45, 2.75) is 207 Å². The van der Waals surface area contributed by atoms with Gasteiger partial charge in [0.2, 0.25) is 0 Å². The summed E-state index contributed by atoms with van der Waals surface area (Å²) in [5.41, 5.74) is 0. The van der Waals surface area contributed by atoms with Crippen molar-refractivity contribution < 1.29 is 28.6 Å². The van der Waals surface area contributed by atoms with Crippen LogP contribution < -0.4 is 0 Å². The predicted molar refractivity (Wildman–Crippen MR) is 288 cm³/mol. The van der Waals surface area contributed by atoms with E-state index >= 15 is 0 Å². The van der Waals surface area contributed by atoms with Crippen LogP contribution >= 0.6 is 0 Å². The fourth-order valence-electron chi connectivity index (χ4n) is 6.52. The maximum atomic E-state index is 12.7. The van der Waals surface area contributed by atoms with Gasteiger partial charge in [-0.05, 0) is 116 Å². The van der Waals surface area contributed by atoms with Crippen LogP contribution in [0.1, 0.15) is 201 Å². The third-order valence-corrected chi connectivity index (χ3v) is 10.4. The molecule has 0 N–H and O–H groups in total. The van der Waals surface area contributed by atoms with Gasteiger partial charge in [-0.25, -0.2) is 0 Å². The number of hydrogen-bond acceptors (Lipinski definition) is 6. The van der Waals surface area contributed by atoms with Crippen LogP contribution in [0, 0.1) is 0 Å². The Labute approximate surface area is 410 Å². The lowest BCUT2D eigenvalue weighted by molar-refractivity contribution is -0.166. The Kier molecular flexibility index (Phi) is 50.1. The Bertz CT molecular complexity index is 1530. The smallest absolute Gasteiger partial charge is 0.310 e. The molecule has 0 amide bonds. The summed E-state index contributed by atoms with van der Waals surface area (Å²) in [6, 6.07) is 0. The van der Waals surface area contributed by atoms with Gasteiger partial charge < -0.3 is 14.2 Å². The monoisotopic (exact) mass is 923 g/mol. The van der Waals surface area contributed by atoms with Crippen molar-refractivity contribution in [3.8, 4) is 0 Å². The van der Waals surface area contributed by atoms with E-state index in [0.717, 1.165) is 122 Å². The molecule has 0 saturated heterocycles. The zero-order valence-corrected chi connectivity index (χ0v) is 42.6. The molecule has 374 valence electrons. The van der Waals surface area contributed by atoms with Crippen LogP contribution in [-0.2, 0) is 28.6 Å². The van der Waals surface area contributed by atoms with Gasteiger partial charge >= 0.3 is 17.9 Å². The molecule has 0 aliphatic carbocycles. The molecule has 0 aromatic rings. The lowest BCUT2D eigenvalue weighted by Gasteiger charge is -2.18. The van der Waals surface area contributed by atoms with Crippen LogP contribution in [0.15, 0.2) is 146 Å². The summed E-state index contributed by atoms with van der Waals surface area (Å²) in [6.45, 7) is 6.15. The number of carbonyl (C=O) groups excluding carboxylic acids is 3. The maximum absolute atomic E-state index is 12.7. The highest BCUT2D eigenvalue weighted by Crippen LogP contribution is 2.13. The molecule has 0 heterocycles. The molecular formula is C61H94O6. The van der Waals surface area contributed by atoms with Crippen molar-refractivity contribution in [2.24, 2.45) is 0 Å². The molecule has 0 rings (SSSR count). The summed E-state index contributed by atoms with van der Waals surface area (Å²) in [7, 11) is 0. The molecule has 1 unspecified atom stereocenters. The van der Waals surface area contributed by atoms with Gasteiger partial charge in [-0.3, -0.25) is 14.4 Å². The molecule has 0 aliphatic heterocycles. The summed E-state index contributed by atoms with van der Waals surface area (Å²) < 4.78 is 16.7. The quantitative estimate of drug-likeness (QED) is 0.0262. The zero-order chi connectivity index (χ0) is 48.6. The first-order valence-electron chi connectivity index (χ1n) is 26.3. The summed E-state index contributed by atoms with van der Waals surface area (Å²) in [5.74, 6) is -1.12. The Morgan fingerprint density at radius 1 is 0.313 bits per heavy atom. The van der Waals surface area contributed by atoms with Crippen molar-refractivity contribution in [2.75, 3.05) is 13.2 Å². The highest BCUT2D eigenvalue weighted by Gasteiger charge is 2.19. The van der Waals surface area contributed by atoms with Crippen molar-refractivity contribution >= 4 is 17.9 Å². The van der Waals surface area contributed by atoms with Gasteiger partial charge in [-0.15, -0.1) is 0 Å². The minimum absolute atomic E-state index is 0.0816. The molecule has 0 radical (unpaired) electrons. The topological polar surface area (TPSA) is 78.9 Å². The van der Waals surface area contributed by atoms with Crippen molar-refractivity contribution in [3.05, 3.63) is 146 Å². The van der Waals surface area contributed by atoms with E-state index in [-0.39, 0.29) is 31.6 Å². The normalized spacial score (nSPS) is 13.3. The van der Waals surface area contributed by atoms with Gasteiger partial charge in [-0.1, -0.05) is 212 Å². The van der Waals surface area contributed by atoms with Crippen molar-refractivity contribution in [3.63, 3.8) is 0 Å². The minimum Gasteiger partial charge on any atom is -0.462 e. The number of unbranched alkanes of at least 4 members (excludes halogenated alkanes) is 11. The third-order valence-electron chi connectivity index (χ3n) is 10.4. The van der Waals surface area contributed by atoms with Gasteiger partial charge in [-0.2, -0.15) is 0 Å². The fraction of sp³-hybridized carbons (Fsp3) is 0.557. The van der Waals surface area contributed by atoms with Crippen molar-refractivity contribution in [1.82, 2.24) is 0 Å². The maximum Gasteiger partial charge on any atom is 0.310 e. The van der Waals surface area contributed by atoms with Gasteiger partial charge in [0.1, 0.15) is 13.2 Å². The van der Waals surface area contributed by atoms with E-state index in [2.05, 4.69) is 154 Å². The summed E-state index contributed by atoms with van der Waals surface area (Å²) in [5, 5.41) is 0. The highest BCUT2D eigenvalue weighted by atomic mass is 16.6. The van der Waals surface area contributed by atoms with Gasteiger partial charge in [0.05, 0.1) is 6.42 Å². The summed E-state index contributed by atoms with van der Waals surface area (Å²) in [4.78, 5) is 38.0. The molecule has 0 aliphatic rings. The SMILES string of the molecule is CC/C=C\C/C=C\C/C=C\C/C=C\C/C=C\CC(=O)OC(COC(=O)CCCCC/C=C\C/C=C\C/C=C\CC)COC(=O)CCCCCCCCCC/C=C\C/C=C\C/C=C\C/C=C\CC. The lowest BCUT2D eigenvalue weighted by Crippen LogP contribution is -2.30. The second kappa shape index (κ2) is 53.9. The van der Waals surface area contributed by atoms with Crippen LogP contribution in [0.5, 0.6) is 0 Å². The number of allylic oxidation sites excluding steroid dienone is 23. The largest absolute Gasteiger partial charge is 0.462 e. The molecule has 0 aromatic heterocycles. The Morgan fingerprint density at radius 2 is 0.582 bits per heavy atom. The van der Waals surface area contributed by atoms with E-state index in [9.17, 15) is 14.4 Å². The average Bonchev–Trinajstić information content (AvgIpc) is 3.33. The molecule has 67 heavy (non-hydrogen) atoms. The number of carbonyl (C=O) groups is 3. The molecule has 6 nitrogen and oxygen atoms in total. The van der Waals surface area contributed by atoms with E-state index in [1.165, 1.54) is 32.1 Å². The Morgan fingerprint density at radius 3 is 0.925 bits per heavy atom. The first kappa shape index (κ1) is 62.3. The summed E-state index contributed by atoms with van der Waals surface area (Å²) in [6.07, 6.45) is 77.2. The fourth-order valence-corrected chi connectivity index (χ4v) is 6.52. The van der Waals surface area contributed by atoms with E-state index in [1.54, 1.807) is 6.08 Å². The third kappa shape index (κ3) is 52.1. The number of hydrogen-bond donors (Lipinski definition) is 0. The molecule has 0 saturated carbocycles. The molecule has 0 spiro atoms. The predicted octanol–water partition coefficient (Wildman–Crippen LogP) is 17.6. The highest BCUT2D eigenvalue weighted by molar-refractivity contribution is 5.72. The second-order valence-corrected chi connectivity index (χ2v) is 16.7. The van der Waals surface area contributed by atoms with Crippen molar-refractivity contribution in [1.29, 1.82) is 0 Å². The van der Waals surface area contributed by atoms with E-state index in [4.69, 9.17) is 14.2 Å². The van der Waals surface area contributed by atoms with Gasteiger partial charge in [0, 0.05) is 12.8 Å². The number of esters is 3. The molecule has 0 fully saturated rings. The zero-order valence-electron chi connectivity index (χ0n) is 42.6. The van der Waals surface area contributed by atoms with Crippen LogP contribution in [-0.4, -0.2) is 37.2 Å². The van der Waals surface area contributed by atoms with E-state index in [0.29, 0.717) is 19.3 Å². The van der Waals surface area contributed by atoms with E-state index in [1.807, 2.05) is 6.08 Å². The van der Waals surface area contributed by atoms with Crippen LogP contribution in [0.3, 0.4) is 0 Å². The molecule has 0 bridgehead atoms. The Hall–Kier alpha value is -4.71. The molecule has 1 atom stereocenters. The lowest BCUT2D eigenvalue weighted by atomic mass is 10.1. The van der Waals surface area contributed by atoms with Crippen LogP contribution in [0.25, 0.3) is 0 Å². The first-order valence-corrected chi connectivity index (χ1v) is 26.3. The average molecular weight is 923 g/mol. The number of ether oxygens (including phenoxy) is 3. The second-order valence-electron chi connectivity index (χ2n) is 16.7. The molecule has 6 heteroatoms. The van der Waals surface area contributed by atoms with Gasteiger partial charge in [0.25, 0.3) is 0 Å². The Balaban J connectivity index is 4.53. The standard InChI is InChI=1S/C61H94O6/c1-4-7-10-13-16-19-22-25-27-28-29-30-31-32-34-36-39-42-45-48-51-54-60(63)66-57-58(56-65-59(62)53-50-47-44-41-38-35-24-21-18-15-12-9-6-3)67-61(64)55-52-49-46-43-40-37-33-26-23-20-17-14-11-8-5-2/h7-12,16-21,25-27,29-30,33,35,38,40,43,49,52,58H,4-6,13-15,22-24,28,31-32,34,36-37,39,41-42,44-48,50-51,53-57H2,1-3H3/b10-7-,11-8-,12-9-,19-16-,20-17-,21-18-,27-25-,30-29-,33-26-,38-35-,43-40-,52-49-. The number of rotatable bonds is 45. The molecule has 0 aromatic carbocycles. The summed E-state index contributed by atoms with van der Waals surface area (Å²) >= 11 is 0. The molecular weight excluding hydrogens is 829 g/mol. The van der Waals surface area contributed by atoms with Gasteiger partial charge in [0.15, 0.2) is 6.10 Å². The van der Waals surface area contributed by atoms with E-state index < -0.39 is 12.1 Å². The van der Waals surface area contributed by atoms with Crippen LogP contribution in [0.4, 0.5) is 0 Å². The minimum atomic E-state index is -0.854.